The number of nitrogens with zero attached hydrogens (tertiary/aromatic N) is 2. The minimum atomic E-state index is 0.549. The van der Waals surface area contributed by atoms with E-state index in [0.717, 1.165) is 17.9 Å². The quantitative estimate of drug-likeness (QED) is 0.610. The Morgan fingerprint density at radius 3 is 2.16 bits per heavy atom. The number of hydrogen-bond donors (Lipinski definition) is 1. The highest BCUT2D eigenvalue weighted by atomic mass is 15.1. The van der Waals surface area contributed by atoms with E-state index in [1.165, 1.54) is 57.8 Å². The van der Waals surface area contributed by atoms with Crippen molar-refractivity contribution in [2.24, 2.45) is 5.73 Å². The summed E-state index contributed by atoms with van der Waals surface area (Å²) in [6, 6.07) is 0. The topological polar surface area (TPSA) is 43.8 Å². The molecule has 3 heteroatoms. The fraction of sp³-hybridized carbons (Fsp3) is 0.812. The second-order valence-corrected chi connectivity index (χ2v) is 5.53. The van der Waals surface area contributed by atoms with Crippen molar-refractivity contribution in [1.82, 2.24) is 9.55 Å². The van der Waals surface area contributed by atoms with Crippen LogP contribution in [-0.2, 0) is 13.1 Å². The highest BCUT2D eigenvalue weighted by Crippen LogP contribution is 2.11. The van der Waals surface area contributed by atoms with Crippen molar-refractivity contribution in [2.45, 2.75) is 84.7 Å². The van der Waals surface area contributed by atoms with Crippen LogP contribution in [0.25, 0.3) is 0 Å². The summed E-state index contributed by atoms with van der Waals surface area (Å²) in [7, 11) is 0. The zero-order valence-electron chi connectivity index (χ0n) is 12.8. The maximum absolute atomic E-state index is 5.70. The molecule has 0 saturated carbocycles. The van der Waals surface area contributed by atoms with Gasteiger partial charge in [0.15, 0.2) is 0 Å². The summed E-state index contributed by atoms with van der Waals surface area (Å²) in [6.45, 7) is 4.85. The average molecular weight is 265 g/mol. The summed E-state index contributed by atoms with van der Waals surface area (Å²) in [5, 5.41) is 0. The maximum atomic E-state index is 5.70. The molecule has 1 aromatic rings. The molecule has 1 rings (SSSR count). The Morgan fingerprint density at radius 2 is 1.58 bits per heavy atom. The number of imidazole rings is 1. The van der Waals surface area contributed by atoms with Gasteiger partial charge in [-0.2, -0.15) is 0 Å². The SMILES string of the molecule is CCCCCCCCCCCc1nc(C)cn1CN. The molecule has 3 nitrogen and oxygen atoms in total. The second kappa shape index (κ2) is 10.0. The highest BCUT2D eigenvalue weighted by molar-refractivity contribution is 5.02. The van der Waals surface area contributed by atoms with E-state index in [2.05, 4.69) is 16.5 Å². The molecule has 0 aliphatic carbocycles. The number of hydrogen-bond acceptors (Lipinski definition) is 2. The summed E-state index contributed by atoms with van der Waals surface area (Å²) in [5.74, 6) is 1.16. The van der Waals surface area contributed by atoms with E-state index in [4.69, 9.17) is 5.73 Å². The first-order chi connectivity index (χ1) is 9.27. The van der Waals surface area contributed by atoms with Gasteiger partial charge in [0, 0.05) is 12.6 Å². The third-order valence-corrected chi connectivity index (χ3v) is 3.68. The minimum absolute atomic E-state index is 0.549. The second-order valence-electron chi connectivity index (χ2n) is 5.53. The van der Waals surface area contributed by atoms with Crippen molar-refractivity contribution >= 4 is 0 Å². The van der Waals surface area contributed by atoms with Crippen molar-refractivity contribution in [2.75, 3.05) is 0 Å². The smallest absolute Gasteiger partial charge is 0.110 e. The van der Waals surface area contributed by atoms with Crippen LogP contribution in [0.4, 0.5) is 0 Å². The van der Waals surface area contributed by atoms with Crippen LogP contribution in [0.3, 0.4) is 0 Å². The van der Waals surface area contributed by atoms with Gasteiger partial charge >= 0.3 is 0 Å². The van der Waals surface area contributed by atoms with E-state index in [1.807, 2.05) is 13.1 Å². The zero-order valence-corrected chi connectivity index (χ0v) is 12.8. The van der Waals surface area contributed by atoms with Crippen molar-refractivity contribution in [1.29, 1.82) is 0 Å². The summed E-state index contributed by atoms with van der Waals surface area (Å²) in [5.41, 5.74) is 6.78. The molecule has 0 atom stereocenters. The van der Waals surface area contributed by atoms with E-state index in [0.29, 0.717) is 6.67 Å². The Morgan fingerprint density at radius 1 is 1.00 bits per heavy atom. The van der Waals surface area contributed by atoms with Crippen molar-refractivity contribution in [3.05, 3.63) is 17.7 Å². The molecule has 0 aliphatic rings. The van der Waals surface area contributed by atoms with E-state index in [1.54, 1.807) is 0 Å². The zero-order chi connectivity index (χ0) is 13.9. The molecule has 2 N–H and O–H groups in total. The summed E-state index contributed by atoms with van der Waals surface area (Å²) >= 11 is 0. The lowest BCUT2D eigenvalue weighted by Gasteiger charge is -2.04. The molecule has 0 radical (unpaired) electrons. The summed E-state index contributed by atoms with van der Waals surface area (Å²) in [6.07, 6.45) is 15.4. The van der Waals surface area contributed by atoms with Gasteiger partial charge in [-0.15, -0.1) is 0 Å². The summed E-state index contributed by atoms with van der Waals surface area (Å²) in [4.78, 5) is 4.53. The molecular weight excluding hydrogens is 234 g/mol. The molecule has 0 bridgehead atoms. The predicted molar refractivity (Wildman–Crippen MR) is 82.1 cm³/mol. The van der Waals surface area contributed by atoms with Gasteiger partial charge in [-0.25, -0.2) is 4.98 Å². The number of aromatic nitrogens is 2. The van der Waals surface area contributed by atoms with Gasteiger partial charge in [-0.1, -0.05) is 58.3 Å². The molecule has 0 spiro atoms. The van der Waals surface area contributed by atoms with Crippen molar-refractivity contribution in [3.8, 4) is 0 Å². The molecule has 19 heavy (non-hydrogen) atoms. The van der Waals surface area contributed by atoms with Crippen molar-refractivity contribution in [3.63, 3.8) is 0 Å². The molecule has 110 valence electrons. The van der Waals surface area contributed by atoms with Gasteiger partial charge in [-0.3, -0.25) is 0 Å². The Hall–Kier alpha value is -0.830. The van der Waals surface area contributed by atoms with E-state index >= 15 is 0 Å². The van der Waals surface area contributed by atoms with Crippen molar-refractivity contribution < 1.29 is 0 Å². The third-order valence-electron chi connectivity index (χ3n) is 3.68. The van der Waals surface area contributed by atoms with Gasteiger partial charge in [0.25, 0.3) is 0 Å². The number of nitrogens with two attached hydrogens (primary N) is 1. The van der Waals surface area contributed by atoms with Crippen LogP contribution in [0.1, 0.15) is 76.2 Å². The molecular formula is C16H31N3. The number of rotatable bonds is 11. The monoisotopic (exact) mass is 265 g/mol. The Bertz CT molecular complexity index is 331. The standard InChI is InChI=1S/C16H31N3/c1-3-4-5-6-7-8-9-10-11-12-16-18-15(2)13-19(16)14-17/h13H,3-12,14,17H2,1-2H3. The van der Waals surface area contributed by atoms with Crippen LogP contribution in [0, 0.1) is 6.92 Å². The fourth-order valence-electron chi connectivity index (χ4n) is 2.55. The first-order valence-corrected chi connectivity index (χ1v) is 8.00. The molecule has 0 fully saturated rings. The lowest BCUT2D eigenvalue weighted by molar-refractivity contribution is 0.556. The van der Waals surface area contributed by atoms with Gasteiger partial charge in [0.05, 0.1) is 12.4 Å². The van der Waals surface area contributed by atoms with Crippen LogP contribution >= 0.6 is 0 Å². The van der Waals surface area contributed by atoms with Gasteiger partial charge in [-0.05, 0) is 13.3 Å². The molecule has 1 heterocycles. The van der Waals surface area contributed by atoms with Gasteiger partial charge in [0.1, 0.15) is 5.82 Å². The molecule has 1 aromatic heterocycles. The van der Waals surface area contributed by atoms with Crippen LogP contribution in [0.15, 0.2) is 6.20 Å². The Balaban J connectivity index is 2.01. The maximum Gasteiger partial charge on any atom is 0.110 e. The lowest BCUT2D eigenvalue weighted by atomic mass is 10.1. The first-order valence-electron chi connectivity index (χ1n) is 8.00. The highest BCUT2D eigenvalue weighted by Gasteiger charge is 2.03. The number of aryl methyl sites for hydroxylation is 2. The van der Waals surface area contributed by atoms with Gasteiger partial charge in [0.2, 0.25) is 0 Å². The van der Waals surface area contributed by atoms with E-state index < -0.39 is 0 Å². The van der Waals surface area contributed by atoms with E-state index in [9.17, 15) is 0 Å². The molecule has 0 unspecified atom stereocenters. The van der Waals surface area contributed by atoms with Crippen LogP contribution in [0.2, 0.25) is 0 Å². The Kier molecular flexibility index (Phi) is 8.55. The molecule has 0 saturated heterocycles. The van der Waals surface area contributed by atoms with Crippen LogP contribution in [0.5, 0.6) is 0 Å². The Labute approximate surface area is 118 Å². The van der Waals surface area contributed by atoms with Crippen LogP contribution < -0.4 is 5.73 Å². The molecule has 0 aromatic carbocycles. The largest absolute Gasteiger partial charge is 0.322 e. The van der Waals surface area contributed by atoms with E-state index in [-0.39, 0.29) is 0 Å². The average Bonchev–Trinajstić information content (AvgIpc) is 2.77. The van der Waals surface area contributed by atoms with Crippen LogP contribution in [-0.4, -0.2) is 9.55 Å². The first kappa shape index (κ1) is 16.2. The predicted octanol–water partition coefficient (Wildman–Crippen LogP) is 4.18. The number of unbranched alkanes of at least 4 members (excludes halogenated alkanes) is 8. The molecule has 0 amide bonds. The minimum Gasteiger partial charge on any atom is -0.322 e. The van der Waals surface area contributed by atoms with Gasteiger partial charge < -0.3 is 10.3 Å². The summed E-state index contributed by atoms with van der Waals surface area (Å²) < 4.78 is 2.07. The lowest BCUT2D eigenvalue weighted by Crippen LogP contribution is -2.09. The third kappa shape index (κ3) is 6.76. The molecule has 0 aliphatic heterocycles. The fourth-order valence-corrected chi connectivity index (χ4v) is 2.55. The normalized spacial score (nSPS) is 11.1.